The molecule has 0 radical (unpaired) electrons. The molecule has 0 spiro atoms. The van der Waals surface area contributed by atoms with E-state index in [4.69, 9.17) is 4.74 Å². The van der Waals surface area contributed by atoms with Crippen LogP contribution in [-0.2, 0) is 19.6 Å². The Morgan fingerprint density at radius 3 is 2.12 bits per heavy atom. The summed E-state index contributed by atoms with van der Waals surface area (Å²) in [4.78, 5) is 42.1. The van der Waals surface area contributed by atoms with Crippen LogP contribution in [0.1, 0.15) is 22.0 Å². The lowest BCUT2D eigenvalue weighted by atomic mass is 9.86. The van der Waals surface area contributed by atoms with Crippen LogP contribution >= 0.6 is 0 Å². The van der Waals surface area contributed by atoms with Crippen LogP contribution in [-0.4, -0.2) is 83.5 Å². The molecule has 2 atom stereocenters. The van der Waals surface area contributed by atoms with E-state index in [-0.39, 0.29) is 10.5 Å². The van der Waals surface area contributed by atoms with Crippen LogP contribution in [0.2, 0.25) is 0 Å². The second-order valence-electron chi connectivity index (χ2n) is 8.69. The number of ether oxygens (including phenoxy) is 1. The van der Waals surface area contributed by atoms with Gasteiger partial charge in [0.25, 0.3) is 5.91 Å². The molecule has 34 heavy (non-hydrogen) atoms. The maximum absolute atomic E-state index is 13.5. The Morgan fingerprint density at radius 1 is 1.03 bits per heavy atom. The molecule has 1 N–H and O–H groups in total. The van der Waals surface area contributed by atoms with Crippen LogP contribution in [0, 0.1) is 5.92 Å². The Bertz CT molecular complexity index is 1170. The smallest absolute Gasteiger partial charge is 0.291 e. The van der Waals surface area contributed by atoms with Gasteiger partial charge in [0.1, 0.15) is 11.7 Å². The maximum Gasteiger partial charge on any atom is 0.291 e. The number of quaternary nitrogens is 1. The van der Waals surface area contributed by atoms with Crippen molar-refractivity contribution in [2.75, 3.05) is 48.4 Å². The van der Waals surface area contributed by atoms with Gasteiger partial charge in [0.2, 0.25) is 15.8 Å². The standard InChI is InChI=1S/C24H29N3O6S/c1-25(2)14-15-27-21(16-6-10-18(33-5)11-7-16)20(23(29)24(27)30)22(28)17-8-12-19(13-9-17)34(31,32)26(3)4/h6-13,20-21H,14-15H2,1-5H3/p+1. The van der Waals surface area contributed by atoms with Gasteiger partial charge in [-0.3, -0.25) is 14.4 Å². The third-order valence-electron chi connectivity index (χ3n) is 5.92. The molecule has 0 saturated carbocycles. The lowest BCUT2D eigenvalue weighted by Crippen LogP contribution is -3.06. The molecule has 1 aliphatic rings. The van der Waals surface area contributed by atoms with Crippen molar-refractivity contribution < 1.29 is 32.4 Å². The molecule has 0 bridgehead atoms. The van der Waals surface area contributed by atoms with Gasteiger partial charge in [-0.25, -0.2) is 12.7 Å². The van der Waals surface area contributed by atoms with E-state index in [2.05, 4.69) is 0 Å². The third-order valence-corrected chi connectivity index (χ3v) is 7.74. The van der Waals surface area contributed by atoms with Crippen molar-refractivity contribution in [2.45, 2.75) is 10.9 Å². The van der Waals surface area contributed by atoms with Crippen LogP contribution in [0.15, 0.2) is 53.4 Å². The van der Waals surface area contributed by atoms with Crippen LogP contribution in [0.3, 0.4) is 0 Å². The molecule has 3 rings (SSSR count). The fourth-order valence-electron chi connectivity index (χ4n) is 3.93. The van der Waals surface area contributed by atoms with Gasteiger partial charge in [0, 0.05) is 19.7 Å². The van der Waals surface area contributed by atoms with Gasteiger partial charge in [-0.1, -0.05) is 24.3 Å². The number of carbonyl (C=O) groups excluding carboxylic acids is 3. The highest BCUT2D eigenvalue weighted by molar-refractivity contribution is 7.89. The number of carbonyl (C=O) groups is 3. The Balaban J connectivity index is 2.01. The molecule has 1 aliphatic heterocycles. The van der Waals surface area contributed by atoms with Crippen molar-refractivity contribution in [3.8, 4) is 5.75 Å². The highest BCUT2D eigenvalue weighted by Crippen LogP contribution is 2.38. The van der Waals surface area contributed by atoms with Crippen molar-refractivity contribution in [1.29, 1.82) is 0 Å². The number of likely N-dealkylation sites (N-methyl/N-ethyl adjacent to an activating group) is 1. The van der Waals surface area contributed by atoms with Crippen molar-refractivity contribution in [2.24, 2.45) is 5.92 Å². The largest absolute Gasteiger partial charge is 0.497 e. The SMILES string of the molecule is COc1ccc(C2C(C(=O)c3ccc(S(=O)(=O)N(C)C)cc3)C(=O)C(=O)N2CC[NH+](C)C)cc1. The molecule has 2 aromatic rings. The van der Waals surface area contributed by atoms with Gasteiger partial charge < -0.3 is 14.5 Å². The average molecular weight is 489 g/mol. The second kappa shape index (κ2) is 10.0. The van der Waals surface area contributed by atoms with Crippen LogP contribution < -0.4 is 9.64 Å². The molecule has 9 nitrogen and oxygen atoms in total. The molecule has 0 aromatic heterocycles. The predicted molar refractivity (Wildman–Crippen MR) is 125 cm³/mol. The lowest BCUT2D eigenvalue weighted by molar-refractivity contribution is -0.857. The summed E-state index contributed by atoms with van der Waals surface area (Å²) in [5, 5.41) is 0. The maximum atomic E-state index is 13.5. The Kier molecular flexibility index (Phi) is 7.54. The van der Waals surface area contributed by atoms with E-state index >= 15 is 0 Å². The summed E-state index contributed by atoms with van der Waals surface area (Å²) in [6, 6.07) is 11.6. The van der Waals surface area contributed by atoms with E-state index in [9.17, 15) is 22.8 Å². The average Bonchev–Trinajstić information content (AvgIpc) is 3.07. The van der Waals surface area contributed by atoms with Gasteiger partial charge in [-0.15, -0.1) is 0 Å². The van der Waals surface area contributed by atoms with Crippen molar-refractivity contribution in [3.05, 3.63) is 59.7 Å². The van der Waals surface area contributed by atoms with E-state index in [1.807, 2.05) is 14.1 Å². The normalized spacial score (nSPS) is 18.7. The quantitative estimate of drug-likeness (QED) is 0.304. The molecule has 2 aromatic carbocycles. The van der Waals surface area contributed by atoms with Gasteiger partial charge in [0.15, 0.2) is 5.78 Å². The minimum Gasteiger partial charge on any atom is -0.497 e. The summed E-state index contributed by atoms with van der Waals surface area (Å²) in [5.41, 5.74) is 0.821. The fourth-order valence-corrected chi connectivity index (χ4v) is 4.83. The molecule has 0 aliphatic carbocycles. The molecule has 1 fully saturated rings. The molecule has 1 amide bonds. The predicted octanol–water partition coefficient (Wildman–Crippen LogP) is 0.0415. The highest BCUT2D eigenvalue weighted by Gasteiger charge is 2.51. The number of nitrogens with one attached hydrogen (secondary N) is 1. The van der Waals surface area contributed by atoms with Gasteiger partial charge >= 0.3 is 0 Å². The molecule has 1 saturated heterocycles. The van der Waals surface area contributed by atoms with Crippen LogP contribution in [0.25, 0.3) is 0 Å². The number of methoxy groups -OCH3 is 1. The number of amides is 1. The first-order valence-corrected chi connectivity index (χ1v) is 12.3. The lowest BCUT2D eigenvalue weighted by Gasteiger charge is -2.27. The Labute approximate surface area is 200 Å². The van der Waals surface area contributed by atoms with Crippen molar-refractivity contribution in [1.82, 2.24) is 9.21 Å². The molecule has 1 heterocycles. The zero-order valence-corrected chi connectivity index (χ0v) is 20.8. The highest BCUT2D eigenvalue weighted by atomic mass is 32.2. The van der Waals surface area contributed by atoms with Crippen molar-refractivity contribution in [3.63, 3.8) is 0 Å². The van der Waals surface area contributed by atoms with Crippen molar-refractivity contribution >= 4 is 27.5 Å². The summed E-state index contributed by atoms with van der Waals surface area (Å²) in [5.74, 6) is -2.58. The Hall–Kier alpha value is -3.08. The zero-order valence-electron chi connectivity index (χ0n) is 19.9. The van der Waals surface area contributed by atoms with Crippen LogP contribution in [0.4, 0.5) is 0 Å². The first kappa shape index (κ1) is 25.5. The number of likely N-dealkylation sites (tertiary alicyclic amines) is 1. The van der Waals surface area contributed by atoms with E-state index in [0.29, 0.717) is 24.4 Å². The summed E-state index contributed by atoms with van der Waals surface area (Å²) in [6.07, 6.45) is 0. The summed E-state index contributed by atoms with van der Waals surface area (Å²) < 4.78 is 31.0. The van der Waals surface area contributed by atoms with E-state index < -0.39 is 39.5 Å². The first-order valence-electron chi connectivity index (χ1n) is 10.8. The van der Waals surface area contributed by atoms with Crippen LogP contribution in [0.5, 0.6) is 5.75 Å². The number of sulfonamides is 1. The van der Waals surface area contributed by atoms with E-state index in [1.165, 1.54) is 50.4 Å². The van der Waals surface area contributed by atoms with E-state index in [0.717, 1.165) is 9.21 Å². The summed E-state index contributed by atoms with van der Waals surface area (Å²) in [6.45, 7) is 0.914. The topological polar surface area (TPSA) is 105 Å². The monoisotopic (exact) mass is 488 g/mol. The minimum absolute atomic E-state index is 0.0326. The number of benzene rings is 2. The number of nitrogens with zero attached hydrogens (tertiary/aromatic N) is 2. The van der Waals surface area contributed by atoms with Gasteiger partial charge in [-0.05, 0) is 29.8 Å². The number of rotatable bonds is 9. The van der Waals surface area contributed by atoms with Gasteiger partial charge in [0.05, 0.1) is 45.2 Å². The molecular weight excluding hydrogens is 458 g/mol. The number of ketones is 2. The van der Waals surface area contributed by atoms with E-state index in [1.54, 1.807) is 24.3 Å². The summed E-state index contributed by atoms with van der Waals surface area (Å²) >= 11 is 0. The fraction of sp³-hybridized carbons (Fsp3) is 0.375. The number of hydrogen-bond donors (Lipinski definition) is 1. The second-order valence-corrected chi connectivity index (χ2v) is 10.8. The third kappa shape index (κ3) is 4.89. The molecule has 2 unspecified atom stereocenters. The molecule has 10 heteroatoms. The zero-order chi connectivity index (χ0) is 25.2. The number of hydrogen-bond acceptors (Lipinski definition) is 6. The van der Waals surface area contributed by atoms with Gasteiger partial charge in [-0.2, -0.15) is 0 Å². The minimum atomic E-state index is -3.66. The summed E-state index contributed by atoms with van der Waals surface area (Å²) in [7, 11) is 4.59. The number of Topliss-reactive ketones (excluding diaryl/α,β-unsaturated/α-hetero) is 2. The molecule has 182 valence electrons. The molecular formula is C24H30N3O6S+. The first-order chi connectivity index (χ1) is 16.0. The Morgan fingerprint density at radius 2 is 1.62 bits per heavy atom.